The van der Waals surface area contributed by atoms with Crippen LogP contribution in [0.5, 0.6) is 11.5 Å². The van der Waals surface area contributed by atoms with Gasteiger partial charge in [0.1, 0.15) is 5.76 Å². The zero-order chi connectivity index (χ0) is 20.5. The predicted molar refractivity (Wildman–Crippen MR) is 113 cm³/mol. The molecular formula is C23H30N2O4. The monoisotopic (exact) mass is 398 g/mol. The average Bonchev–Trinajstić information content (AvgIpc) is 3.28. The highest BCUT2D eigenvalue weighted by atomic mass is 16.5. The molecule has 6 heteroatoms. The summed E-state index contributed by atoms with van der Waals surface area (Å²) >= 11 is 0. The molecule has 1 aliphatic rings. The number of ether oxygens (including phenoxy) is 2. The Balaban J connectivity index is 1.60. The zero-order valence-corrected chi connectivity index (χ0v) is 17.2. The second-order valence-electron chi connectivity index (χ2n) is 7.05. The van der Waals surface area contributed by atoms with Crippen LogP contribution >= 0.6 is 0 Å². The Morgan fingerprint density at radius 3 is 2.76 bits per heavy atom. The molecule has 1 N–H and O–H groups in total. The lowest BCUT2D eigenvalue weighted by Gasteiger charge is -2.33. The second kappa shape index (κ2) is 10.7. The van der Waals surface area contributed by atoms with Crippen molar-refractivity contribution in [1.82, 2.24) is 10.2 Å². The fraction of sp³-hybridized carbons (Fsp3) is 0.435. The molecule has 0 bridgehead atoms. The van der Waals surface area contributed by atoms with Crippen LogP contribution in [0.3, 0.4) is 0 Å². The maximum Gasteiger partial charge on any atom is 0.244 e. The smallest absolute Gasteiger partial charge is 0.244 e. The molecule has 1 aromatic carbocycles. The molecule has 0 spiro atoms. The molecule has 0 saturated carbocycles. The number of benzene rings is 1. The molecule has 1 fully saturated rings. The fourth-order valence-corrected chi connectivity index (χ4v) is 3.61. The van der Waals surface area contributed by atoms with E-state index >= 15 is 0 Å². The number of piperidine rings is 1. The van der Waals surface area contributed by atoms with E-state index in [1.54, 1.807) is 25.5 Å². The van der Waals surface area contributed by atoms with Gasteiger partial charge in [-0.1, -0.05) is 12.5 Å². The molecule has 1 amide bonds. The molecule has 1 saturated heterocycles. The Morgan fingerprint density at radius 1 is 1.24 bits per heavy atom. The summed E-state index contributed by atoms with van der Waals surface area (Å²) in [4.78, 5) is 14.8. The lowest BCUT2D eigenvalue weighted by molar-refractivity contribution is -0.116. The molecule has 156 valence electrons. The van der Waals surface area contributed by atoms with Crippen molar-refractivity contribution in [2.24, 2.45) is 0 Å². The molecular weight excluding hydrogens is 368 g/mol. The maximum absolute atomic E-state index is 12.4. The minimum atomic E-state index is -0.133. The first-order valence-electron chi connectivity index (χ1n) is 10.3. The van der Waals surface area contributed by atoms with E-state index in [1.165, 1.54) is 19.3 Å². The van der Waals surface area contributed by atoms with Gasteiger partial charge in [0.15, 0.2) is 11.5 Å². The number of furan rings is 1. The highest BCUT2D eigenvalue weighted by Crippen LogP contribution is 2.28. The van der Waals surface area contributed by atoms with Crippen LogP contribution in [0.25, 0.3) is 6.08 Å². The first-order valence-corrected chi connectivity index (χ1v) is 10.3. The van der Waals surface area contributed by atoms with Crippen molar-refractivity contribution in [1.29, 1.82) is 0 Å². The Morgan fingerprint density at radius 2 is 2.07 bits per heavy atom. The number of hydrogen-bond donors (Lipinski definition) is 1. The number of carbonyl (C=O) groups is 1. The molecule has 1 unspecified atom stereocenters. The van der Waals surface area contributed by atoms with Crippen LogP contribution in [0, 0.1) is 0 Å². The predicted octanol–water partition coefficient (Wildman–Crippen LogP) is 4.04. The zero-order valence-electron chi connectivity index (χ0n) is 17.2. The number of hydrogen-bond acceptors (Lipinski definition) is 5. The molecule has 1 aromatic heterocycles. The largest absolute Gasteiger partial charge is 0.493 e. The number of carbonyl (C=O) groups excluding carboxylic acids is 1. The number of amides is 1. The van der Waals surface area contributed by atoms with Crippen molar-refractivity contribution in [3.05, 3.63) is 54.0 Å². The van der Waals surface area contributed by atoms with Gasteiger partial charge in [0.05, 0.1) is 26.0 Å². The summed E-state index contributed by atoms with van der Waals surface area (Å²) in [5.74, 6) is 2.11. The fourth-order valence-electron chi connectivity index (χ4n) is 3.61. The van der Waals surface area contributed by atoms with Crippen LogP contribution in [0.2, 0.25) is 0 Å². The van der Waals surface area contributed by atoms with E-state index in [1.807, 2.05) is 37.3 Å². The highest BCUT2D eigenvalue weighted by Gasteiger charge is 2.24. The van der Waals surface area contributed by atoms with Gasteiger partial charge in [0.2, 0.25) is 5.91 Å². The van der Waals surface area contributed by atoms with Gasteiger partial charge in [-0.25, -0.2) is 0 Å². The summed E-state index contributed by atoms with van der Waals surface area (Å²) in [6, 6.07) is 9.54. The first kappa shape index (κ1) is 21.0. The van der Waals surface area contributed by atoms with Gasteiger partial charge in [-0.3, -0.25) is 9.69 Å². The number of methoxy groups -OCH3 is 1. The van der Waals surface area contributed by atoms with Crippen LogP contribution < -0.4 is 14.8 Å². The minimum Gasteiger partial charge on any atom is -0.493 e. The SMILES string of the molecule is CCOc1ccc(/C=C/C(=O)NCC(c2ccco2)N2CCCCC2)cc1OC. The molecule has 29 heavy (non-hydrogen) atoms. The van der Waals surface area contributed by atoms with Gasteiger partial charge >= 0.3 is 0 Å². The molecule has 1 atom stereocenters. The van der Waals surface area contributed by atoms with Crippen LogP contribution in [0.1, 0.15) is 43.6 Å². The molecule has 1 aliphatic heterocycles. The third-order valence-electron chi connectivity index (χ3n) is 5.09. The van der Waals surface area contributed by atoms with Gasteiger partial charge < -0.3 is 19.2 Å². The lowest BCUT2D eigenvalue weighted by Crippen LogP contribution is -2.40. The summed E-state index contributed by atoms with van der Waals surface area (Å²) < 4.78 is 16.5. The number of likely N-dealkylation sites (tertiary alicyclic amines) is 1. The summed E-state index contributed by atoms with van der Waals surface area (Å²) in [5.41, 5.74) is 0.874. The summed E-state index contributed by atoms with van der Waals surface area (Å²) in [6.07, 6.45) is 8.64. The van der Waals surface area contributed by atoms with Gasteiger partial charge in [-0.2, -0.15) is 0 Å². The van der Waals surface area contributed by atoms with Crippen molar-refractivity contribution in [3.8, 4) is 11.5 Å². The van der Waals surface area contributed by atoms with E-state index in [0.29, 0.717) is 24.7 Å². The van der Waals surface area contributed by atoms with E-state index in [4.69, 9.17) is 13.9 Å². The van der Waals surface area contributed by atoms with Crippen LogP contribution in [0.4, 0.5) is 0 Å². The third-order valence-corrected chi connectivity index (χ3v) is 5.09. The quantitative estimate of drug-likeness (QED) is 0.646. The highest BCUT2D eigenvalue weighted by molar-refractivity contribution is 5.91. The number of nitrogens with zero attached hydrogens (tertiary/aromatic N) is 1. The summed E-state index contributed by atoms with van der Waals surface area (Å²) in [6.45, 7) is 5.08. The Bertz CT molecular complexity index is 795. The van der Waals surface area contributed by atoms with E-state index in [2.05, 4.69) is 10.2 Å². The van der Waals surface area contributed by atoms with E-state index in [9.17, 15) is 4.79 Å². The van der Waals surface area contributed by atoms with Crippen molar-refractivity contribution in [2.45, 2.75) is 32.2 Å². The van der Waals surface area contributed by atoms with Crippen molar-refractivity contribution < 1.29 is 18.7 Å². The van der Waals surface area contributed by atoms with Crippen molar-refractivity contribution in [3.63, 3.8) is 0 Å². The lowest BCUT2D eigenvalue weighted by atomic mass is 10.1. The van der Waals surface area contributed by atoms with Gasteiger partial charge in [0, 0.05) is 12.6 Å². The molecule has 6 nitrogen and oxygen atoms in total. The standard InChI is InChI=1S/C23H30N2O4/c1-3-28-21-11-9-18(16-22(21)27-2)10-12-23(26)24-17-19(20-8-7-15-29-20)25-13-5-4-6-14-25/h7-12,15-16,19H,3-6,13-14,17H2,1-2H3,(H,24,26)/b12-10+. The van der Waals surface area contributed by atoms with Gasteiger partial charge in [0.25, 0.3) is 0 Å². The second-order valence-corrected chi connectivity index (χ2v) is 7.05. The summed E-state index contributed by atoms with van der Waals surface area (Å²) in [7, 11) is 1.60. The molecule has 0 aliphatic carbocycles. The third kappa shape index (κ3) is 5.87. The molecule has 2 heterocycles. The van der Waals surface area contributed by atoms with Crippen LogP contribution in [-0.4, -0.2) is 44.2 Å². The van der Waals surface area contributed by atoms with E-state index < -0.39 is 0 Å². The van der Waals surface area contributed by atoms with E-state index in [0.717, 1.165) is 24.4 Å². The number of rotatable bonds is 9. The van der Waals surface area contributed by atoms with Gasteiger partial charge in [-0.15, -0.1) is 0 Å². The van der Waals surface area contributed by atoms with E-state index in [-0.39, 0.29) is 11.9 Å². The first-order chi connectivity index (χ1) is 14.2. The van der Waals surface area contributed by atoms with Gasteiger partial charge in [-0.05, 0) is 68.8 Å². The molecule has 3 rings (SSSR count). The van der Waals surface area contributed by atoms with Crippen LogP contribution in [-0.2, 0) is 4.79 Å². The molecule has 0 radical (unpaired) electrons. The summed E-state index contributed by atoms with van der Waals surface area (Å²) in [5, 5.41) is 3.02. The Kier molecular flexibility index (Phi) is 7.76. The Labute approximate surface area is 172 Å². The van der Waals surface area contributed by atoms with Crippen molar-refractivity contribution in [2.75, 3.05) is 33.4 Å². The normalized spacial score (nSPS) is 15.9. The maximum atomic E-state index is 12.4. The van der Waals surface area contributed by atoms with Crippen LogP contribution in [0.15, 0.2) is 47.1 Å². The topological polar surface area (TPSA) is 63.9 Å². The van der Waals surface area contributed by atoms with Crippen molar-refractivity contribution >= 4 is 12.0 Å². The average molecular weight is 399 g/mol. The molecule has 2 aromatic rings. The Hall–Kier alpha value is -2.73. The number of nitrogens with one attached hydrogen (secondary N) is 1. The minimum absolute atomic E-state index is 0.0632.